The Kier molecular flexibility index (Phi) is 6.49. The van der Waals surface area contributed by atoms with Gasteiger partial charge in [-0.3, -0.25) is 0 Å². The Hall–Kier alpha value is -6.71. The molecule has 7 aromatic carbocycles. The van der Waals surface area contributed by atoms with Crippen LogP contribution in [0, 0.1) is 0 Å². The molecule has 3 heteroatoms. The first-order valence-corrected chi connectivity index (χ1v) is 17.1. The lowest BCUT2D eigenvalue weighted by atomic mass is 10.0. The van der Waals surface area contributed by atoms with E-state index in [1.807, 2.05) is 6.07 Å². The van der Waals surface area contributed by atoms with Crippen molar-refractivity contribution in [2.45, 2.75) is 0 Å². The maximum absolute atomic E-state index is 5.05. The molecule has 0 fully saturated rings. The van der Waals surface area contributed by atoms with Gasteiger partial charge in [0.05, 0.1) is 33.5 Å². The summed E-state index contributed by atoms with van der Waals surface area (Å²) in [6, 6.07) is 67.3. The van der Waals surface area contributed by atoms with Crippen molar-refractivity contribution in [1.29, 1.82) is 0 Å². The normalized spacial score (nSPS) is 11.6. The number of aromatic nitrogens is 3. The molecule has 0 aliphatic heterocycles. The van der Waals surface area contributed by atoms with Crippen LogP contribution in [-0.2, 0) is 0 Å². The summed E-state index contributed by atoms with van der Waals surface area (Å²) in [6.07, 6.45) is 0. The van der Waals surface area contributed by atoms with Gasteiger partial charge in [0.1, 0.15) is 0 Å². The minimum Gasteiger partial charge on any atom is -0.309 e. The van der Waals surface area contributed by atoms with Crippen LogP contribution < -0.4 is 0 Å². The molecular weight excluding hydrogens is 607 g/mol. The van der Waals surface area contributed by atoms with Crippen LogP contribution in [0.15, 0.2) is 188 Å². The van der Waals surface area contributed by atoms with E-state index in [0.717, 1.165) is 28.2 Å². The Bertz CT molecular complexity index is 2860. The highest BCUT2D eigenvalue weighted by molar-refractivity contribution is 6.12. The molecule has 0 N–H and O–H groups in total. The van der Waals surface area contributed by atoms with Crippen molar-refractivity contribution in [3.63, 3.8) is 0 Å². The van der Waals surface area contributed by atoms with E-state index in [9.17, 15) is 0 Å². The molecule has 0 radical (unpaired) electrons. The summed E-state index contributed by atoms with van der Waals surface area (Å²) in [5.74, 6) is 0. The highest BCUT2D eigenvalue weighted by Gasteiger charge is 2.16. The average molecular weight is 638 g/mol. The molecule has 0 aliphatic carbocycles. The third kappa shape index (κ3) is 4.56. The first-order valence-electron chi connectivity index (χ1n) is 17.1. The third-order valence-electron chi connectivity index (χ3n) is 9.91. The number of para-hydroxylation sites is 3. The summed E-state index contributed by atoms with van der Waals surface area (Å²) >= 11 is 0. The zero-order valence-corrected chi connectivity index (χ0v) is 27.2. The van der Waals surface area contributed by atoms with Gasteiger partial charge >= 0.3 is 0 Å². The van der Waals surface area contributed by atoms with Gasteiger partial charge in [0.15, 0.2) is 0 Å². The molecule has 0 aliphatic rings. The number of pyridine rings is 1. The molecular formula is C47H31N3. The van der Waals surface area contributed by atoms with Crippen LogP contribution in [0.5, 0.6) is 0 Å². The van der Waals surface area contributed by atoms with E-state index in [2.05, 4.69) is 191 Å². The van der Waals surface area contributed by atoms with Crippen LogP contribution in [0.1, 0.15) is 0 Å². The second-order valence-electron chi connectivity index (χ2n) is 12.8. The molecule has 0 saturated heterocycles. The quantitative estimate of drug-likeness (QED) is 0.184. The molecule has 0 spiro atoms. The van der Waals surface area contributed by atoms with Crippen molar-refractivity contribution >= 4 is 43.6 Å². The second kappa shape index (κ2) is 11.5. The average Bonchev–Trinajstić information content (AvgIpc) is 3.71. The Morgan fingerprint density at radius 1 is 0.280 bits per heavy atom. The Balaban J connectivity index is 1.10. The minimum atomic E-state index is 0.959. The zero-order chi connectivity index (χ0) is 33.0. The van der Waals surface area contributed by atoms with Gasteiger partial charge in [-0.25, -0.2) is 4.98 Å². The highest BCUT2D eigenvalue weighted by Crippen LogP contribution is 2.38. The first-order chi connectivity index (χ1) is 24.8. The van der Waals surface area contributed by atoms with Crippen LogP contribution in [0.3, 0.4) is 0 Å². The number of benzene rings is 7. The molecule has 234 valence electrons. The van der Waals surface area contributed by atoms with Gasteiger partial charge in [0, 0.05) is 44.0 Å². The second-order valence-corrected chi connectivity index (χ2v) is 12.8. The van der Waals surface area contributed by atoms with Crippen LogP contribution >= 0.6 is 0 Å². The molecule has 3 aromatic heterocycles. The molecule has 10 rings (SSSR count). The lowest BCUT2D eigenvalue weighted by Crippen LogP contribution is -1.95. The van der Waals surface area contributed by atoms with Gasteiger partial charge in [-0.15, -0.1) is 0 Å². The highest BCUT2D eigenvalue weighted by atomic mass is 15.0. The summed E-state index contributed by atoms with van der Waals surface area (Å²) in [5.41, 5.74) is 13.6. The van der Waals surface area contributed by atoms with Gasteiger partial charge in [-0.05, 0) is 83.9 Å². The van der Waals surface area contributed by atoms with E-state index < -0.39 is 0 Å². The van der Waals surface area contributed by atoms with Crippen molar-refractivity contribution in [3.05, 3.63) is 188 Å². The molecule has 50 heavy (non-hydrogen) atoms. The SMILES string of the molecule is c1ccc(-c2cccc(-c3cccc(-n4c5ccccc5c5cc(-c6ccc7c(c6)c6ccccc6n7-c6ccccc6)ccc54)c3)n2)cc1. The van der Waals surface area contributed by atoms with Gasteiger partial charge < -0.3 is 9.13 Å². The molecule has 0 amide bonds. The number of nitrogens with zero attached hydrogens (tertiary/aromatic N) is 3. The number of fused-ring (bicyclic) bond motifs is 6. The van der Waals surface area contributed by atoms with Crippen LogP contribution in [-0.4, -0.2) is 14.1 Å². The fourth-order valence-corrected chi connectivity index (χ4v) is 7.61. The van der Waals surface area contributed by atoms with Crippen LogP contribution in [0.4, 0.5) is 0 Å². The van der Waals surface area contributed by atoms with Gasteiger partial charge in [-0.1, -0.05) is 115 Å². The summed E-state index contributed by atoms with van der Waals surface area (Å²) in [5, 5.41) is 4.99. The molecule has 10 aromatic rings. The molecule has 0 unspecified atom stereocenters. The summed E-state index contributed by atoms with van der Waals surface area (Å²) in [4.78, 5) is 5.05. The maximum Gasteiger partial charge on any atom is 0.0710 e. The van der Waals surface area contributed by atoms with Gasteiger partial charge in [0.2, 0.25) is 0 Å². The summed E-state index contributed by atoms with van der Waals surface area (Å²) in [7, 11) is 0. The summed E-state index contributed by atoms with van der Waals surface area (Å²) < 4.78 is 4.75. The lowest BCUT2D eigenvalue weighted by Gasteiger charge is -2.11. The van der Waals surface area contributed by atoms with Crippen LogP contribution in [0.25, 0.3) is 88.6 Å². The van der Waals surface area contributed by atoms with E-state index in [4.69, 9.17) is 4.98 Å². The number of hydrogen-bond acceptors (Lipinski definition) is 1. The van der Waals surface area contributed by atoms with Crippen molar-refractivity contribution in [1.82, 2.24) is 14.1 Å². The third-order valence-corrected chi connectivity index (χ3v) is 9.91. The van der Waals surface area contributed by atoms with Crippen LogP contribution in [0.2, 0.25) is 0 Å². The zero-order valence-electron chi connectivity index (χ0n) is 27.2. The molecule has 3 heterocycles. The fourth-order valence-electron chi connectivity index (χ4n) is 7.61. The van der Waals surface area contributed by atoms with Gasteiger partial charge in [-0.2, -0.15) is 0 Å². The smallest absolute Gasteiger partial charge is 0.0710 e. The van der Waals surface area contributed by atoms with Crippen molar-refractivity contribution in [3.8, 4) is 45.0 Å². The lowest BCUT2D eigenvalue weighted by molar-refractivity contribution is 1.18. The fraction of sp³-hybridized carbons (Fsp3) is 0. The topological polar surface area (TPSA) is 22.8 Å². The van der Waals surface area contributed by atoms with E-state index >= 15 is 0 Å². The van der Waals surface area contributed by atoms with E-state index in [1.165, 1.54) is 60.4 Å². The minimum absolute atomic E-state index is 0.959. The van der Waals surface area contributed by atoms with Crippen molar-refractivity contribution in [2.24, 2.45) is 0 Å². The Morgan fingerprint density at radius 2 is 0.740 bits per heavy atom. The predicted octanol–water partition coefficient (Wildman–Crippen LogP) is 12.3. The van der Waals surface area contributed by atoms with Crippen molar-refractivity contribution < 1.29 is 0 Å². The van der Waals surface area contributed by atoms with E-state index in [1.54, 1.807) is 0 Å². The predicted molar refractivity (Wildman–Crippen MR) is 209 cm³/mol. The van der Waals surface area contributed by atoms with Crippen molar-refractivity contribution in [2.75, 3.05) is 0 Å². The summed E-state index contributed by atoms with van der Waals surface area (Å²) in [6.45, 7) is 0. The maximum atomic E-state index is 5.05. The molecule has 0 bridgehead atoms. The molecule has 0 atom stereocenters. The Morgan fingerprint density at radius 3 is 1.38 bits per heavy atom. The largest absolute Gasteiger partial charge is 0.309 e. The first kappa shape index (κ1) is 28.3. The standard InChI is InChI=1S/C47H31N3/c1-3-13-32(14-4-1)42-21-12-22-43(48-42)35-15-11-18-37(29-35)50-45-24-10-8-20-39(45)41-31-34(26-28-47(41)50)33-25-27-46-40(30-33)38-19-7-9-23-44(38)49(46)36-16-5-2-6-17-36/h1-31H. The van der Waals surface area contributed by atoms with E-state index in [0.29, 0.717) is 0 Å². The molecule has 0 saturated carbocycles. The number of rotatable bonds is 5. The van der Waals surface area contributed by atoms with Gasteiger partial charge in [0.25, 0.3) is 0 Å². The Labute approximate surface area is 290 Å². The number of hydrogen-bond donors (Lipinski definition) is 0. The monoisotopic (exact) mass is 637 g/mol. The van der Waals surface area contributed by atoms with E-state index in [-0.39, 0.29) is 0 Å². The molecule has 3 nitrogen and oxygen atoms in total.